The van der Waals surface area contributed by atoms with Crippen molar-refractivity contribution in [1.29, 1.82) is 0 Å². The molecular formula is C9H20N2S. The standard InChI is InChI=1S/C9H20N2S/c1-2-9-8-10-4-6-11(9)5-3-7-12/h9-10,12H,2-8H2,1H3. The van der Waals surface area contributed by atoms with Crippen LogP contribution in [-0.2, 0) is 0 Å². The van der Waals surface area contributed by atoms with E-state index >= 15 is 0 Å². The molecule has 1 aliphatic rings. The number of nitrogens with zero attached hydrogens (tertiary/aromatic N) is 1. The van der Waals surface area contributed by atoms with E-state index in [0.717, 1.165) is 18.3 Å². The Kier molecular flexibility index (Phi) is 5.04. The van der Waals surface area contributed by atoms with E-state index in [-0.39, 0.29) is 0 Å². The Bertz CT molecular complexity index is 119. The summed E-state index contributed by atoms with van der Waals surface area (Å²) in [5.74, 6) is 1.01. The fourth-order valence-corrected chi connectivity index (χ4v) is 1.92. The maximum absolute atomic E-state index is 4.24. The third-order valence-corrected chi connectivity index (χ3v) is 2.86. The van der Waals surface area contributed by atoms with Crippen molar-refractivity contribution in [3.8, 4) is 0 Å². The van der Waals surface area contributed by atoms with E-state index in [1.807, 2.05) is 0 Å². The Morgan fingerprint density at radius 3 is 3.08 bits per heavy atom. The summed E-state index contributed by atoms with van der Waals surface area (Å²) in [5.41, 5.74) is 0. The number of rotatable bonds is 4. The van der Waals surface area contributed by atoms with Crippen LogP contribution in [-0.4, -0.2) is 42.9 Å². The lowest BCUT2D eigenvalue weighted by molar-refractivity contribution is 0.158. The van der Waals surface area contributed by atoms with Crippen LogP contribution < -0.4 is 5.32 Å². The quantitative estimate of drug-likeness (QED) is 0.640. The molecule has 0 amide bonds. The van der Waals surface area contributed by atoms with Crippen molar-refractivity contribution in [3.63, 3.8) is 0 Å². The second-order valence-corrected chi connectivity index (χ2v) is 3.83. The molecule has 1 saturated heterocycles. The lowest BCUT2D eigenvalue weighted by Crippen LogP contribution is -2.51. The largest absolute Gasteiger partial charge is 0.314 e. The predicted octanol–water partition coefficient (Wildman–Crippen LogP) is 0.990. The van der Waals surface area contributed by atoms with Crippen LogP contribution >= 0.6 is 12.6 Å². The Morgan fingerprint density at radius 1 is 1.58 bits per heavy atom. The average molecular weight is 188 g/mol. The Labute approximate surface area is 81.1 Å². The van der Waals surface area contributed by atoms with Gasteiger partial charge in [-0.2, -0.15) is 12.6 Å². The van der Waals surface area contributed by atoms with E-state index in [0.29, 0.717) is 0 Å². The minimum absolute atomic E-state index is 0.763. The molecule has 0 bridgehead atoms. The molecule has 1 N–H and O–H groups in total. The van der Waals surface area contributed by atoms with Gasteiger partial charge in [0.1, 0.15) is 0 Å². The summed E-state index contributed by atoms with van der Waals surface area (Å²) in [6.45, 7) is 7.04. The van der Waals surface area contributed by atoms with E-state index < -0.39 is 0 Å². The Balaban J connectivity index is 2.26. The van der Waals surface area contributed by atoms with Crippen LogP contribution in [0.3, 0.4) is 0 Å². The lowest BCUT2D eigenvalue weighted by atomic mass is 10.1. The summed E-state index contributed by atoms with van der Waals surface area (Å²) in [7, 11) is 0. The summed E-state index contributed by atoms with van der Waals surface area (Å²) in [4.78, 5) is 2.59. The fourth-order valence-electron chi connectivity index (χ4n) is 1.77. The molecular weight excluding hydrogens is 168 g/mol. The highest BCUT2D eigenvalue weighted by Gasteiger charge is 2.18. The van der Waals surface area contributed by atoms with E-state index in [1.165, 1.54) is 32.5 Å². The number of thiol groups is 1. The van der Waals surface area contributed by atoms with E-state index in [4.69, 9.17) is 0 Å². The van der Waals surface area contributed by atoms with Gasteiger partial charge in [-0.15, -0.1) is 0 Å². The molecule has 1 rings (SSSR count). The predicted molar refractivity (Wildman–Crippen MR) is 57.0 cm³/mol. The van der Waals surface area contributed by atoms with Gasteiger partial charge in [-0.3, -0.25) is 4.90 Å². The molecule has 0 aromatic rings. The van der Waals surface area contributed by atoms with Gasteiger partial charge in [0.15, 0.2) is 0 Å². The molecule has 1 aliphatic heterocycles. The third kappa shape index (κ3) is 2.96. The maximum Gasteiger partial charge on any atom is 0.0218 e. The Hall–Kier alpha value is 0.270. The number of hydrogen-bond acceptors (Lipinski definition) is 3. The SMILES string of the molecule is CCC1CNCCN1CCCS. The van der Waals surface area contributed by atoms with Crippen LogP contribution in [0, 0.1) is 0 Å². The molecule has 0 aromatic carbocycles. The molecule has 72 valence electrons. The third-order valence-electron chi connectivity index (χ3n) is 2.55. The van der Waals surface area contributed by atoms with E-state index in [9.17, 15) is 0 Å². The summed E-state index contributed by atoms with van der Waals surface area (Å²) in [6, 6.07) is 0.763. The highest BCUT2D eigenvalue weighted by Crippen LogP contribution is 2.07. The van der Waals surface area contributed by atoms with Crippen LogP contribution in [0.2, 0.25) is 0 Å². The molecule has 0 saturated carbocycles. The van der Waals surface area contributed by atoms with Crippen molar-refractivity contribution in [2.75, 3.05) is 31.9 Å². The molecule has 0 aliphatic carbocycles. The van der Waals surface area contributed by atoms with Gasteiger partial charge >= 0.3 is 0 Å². The first-order chi connectivity index (χ1) is 5.88. The van der Waals surface area contributed by atoms with Crippen molar-refractivity contribution in [2.45, 2.75) is 25.8 Å². The molecule has 0 radical (unpaired) electrons. The first-order valence-corrected chi connectivity index (χ1v) is 5.57. The first kappa shape index (κ1) is 10.4. The molecule has 12 heavy (non-hydrogen) atoms. The zero-order chi connectivity index (χ0) is 8.81. The van der Waals surface area contributed by atoms with Crippen molar-refractivity contribution in [1.82, 2.24) is 10.2 Å². The highest BCUT2D eigenvalue weighted by atomic mass is 32.1. The monoisotopic (exact) mass is 188 g/mol. The van der Waals surface area contributed by atoms with Gasteiger partial charge in [0.25, 0.3) is 0 Å². The summed E-state index contributed by atoms with van der Waals surface area (Å²) >= 11 is 4.24. The summed E-state index contributed by atoms with van der Waals surface area (Å²) in [5, 5.41) is 3.43. The van der Waals surface area contributed by atoms with Gasteiger partial charge in [0, 0.05) is 25.7 Å². The first-order valence-electron chi connectivity index (χ1n) is 4.94. The average Bonchev–Trinajstić information content (AvgIpc) is 2.15. The minimum Gasteiger partial charge on any atom is -0.314 e. The fraction of sp³-hybridized carbons (Fsp3) is 1.00. The summed E-state index contributed by atoms with van der Waals surface area (Å²) < 4.78 is 0. The van der Waals surface area contributed by atoms with Gasteiger partial charge in [-0.05, 0) is 25.1 Å². The van der Waals surface area contributed by atoms with Crippen molar-refractivity contribution in [3.05, 3.63) is 0 Å². The molecule has 0 aromatic heterocycles. The van der Waals surface area contributed by atoms with Crippen LogP contribution in [0.1, 0.15) is 19.8 Å². The highest BCUT2D eigenvalue weighted by molar-refractivity contribution is 7.80. The molecule has 1 unspecified atom stereocenters. The molecule has 1 fully saturated rings. The van der Waals surface area contributed by atoms with Crippen molar-refractivity contribution >= 4 is 12.6 Å². The molecule has 3 heteroatoms. The zero-order valence-electron chi connectivity index (χ0n) is 7.92. The van der Waals surface area contributed by atoms with Crippen LogP contribution in [0.25, 0.3) is 0 Å². The Morgan fingerprint density at radius 2 is 2.42 bits per heavy atom. The second-order valence-electron chi connectivity index (χ2n) is 3.38. The van der Waals surface area contributed by atoms with Gasteiger partial charge < -0.3 is 5.32 Å². The zero-order valence-corrected chi connectivity index (χ0v) is 8.82. The van der Waals surface area contributed by atoms with Crippen molar-refractivity contribution < 1.29 is 0 Å². The smallest absolute Gasteiger partial charge is 0.0218 e. The number of piperazine rings is 1. The van der Waals surface area contributed by atoms with Crippen LogP contribution in [0.15, 0.2) is 0 Å². The minimum atomic E-state index is 0.763. The number of hydrogen-bond donors (Lipinski definition) is 2. The molecule has 1 heterocycles. The topological polar surface area (TPSA) is 15.3 Å². The number of nitrogens with one attached hydrogen (secondary N) is 1. The van der Waals surface area contributed by atoms with Crippen LogP contribution in [0.4, 0.5) is 0 Å². The molecule has 2 nitrogen and oxygen atoms in total. The molecule has 1 atom stereocenters. The maximum atomic E-state index is 4.24. The van der Waals surface area contributed by atoms with Gasteiger partial charge in [-0.1, -0.05) is 6.92 Å². The second kappa shape index (κ2) is 5.84. The molecule has 0 spiro atoms. The summed E-state index contributed by atoms with van der Waals surface area (Å²) in [6.07, 6.45) is 2.49. The van der Waals surface area contributed by atoms with Gasteiger partial charge in [0.2, 0.25) is 0 Å². The normalized spacial score (nSPS) is 26.0. The lowest BCUT2D eigenvalue weighted by Gasteiger charge is -2.35. The van der Waals surface area contributed by atoms with Gasteiger partial charge in [0.05, 0.1) is 0 Å². The van der Waals surface area contributed by atoms with Crippen LogP contribution in [0.5, 0.6) is 0 Å². The van der Waals surface area contributed by atoms with E-state index in [2.05, 4.69) is 29.8 Å². The van der Waals surface area contributed by atoms with Crippen molar-refractivity contribution in [2.24, 2.45) is 0 Å². The van der Waals surface area contributed by atoms with E-state index in [1.54, 1.807) is 0 Å². The van der Waals surface area contributed by atoms with Gasteiger partial charge in [-0.25, -0.2) is 0 Å².